The molecule has 0 aliphatic rings. The average molecular weight is 384 g/mol. The van der Waals surface area contributed by atoms with Crippen LogP contribution in [0.3, 0.4) is 0 Å². The molecular formula is C15H24N6O4S. The topological polar surface area (TPSA) is 105 Å². The number of aryl methyl sites for hydroxylation is 1. The number of nitrogens with zero attached hydrogens (tertiary/aromatic N) is 5. The molecule has 0 saturated carbocycles. The van der Waals surface area contributed by atoms with Gasteiger partial charge in [0, 0.05) is 34.0 Å². The summed E-state index contributed by atoms with van der Waals surface area (Å²) in [6.45, 7) is 1.99. The summed E-state index contributed by atoms with van der Waals surface area (Å²) in [7, 11) is 6.59. The Balaban J connectivity index is 2.16. The summed E-state index contributed by atoms with van der Waals surface area (Å²) < 4.78 is 19.0. The summed E-state index contributed by atoms with van der Waals surface area (Å²) in [5.74, 6) is 1.23. The van der Waals surface area contributed by atoms with Crippen molar-refractivity contribution < 1.29 is 19.0 Å². The van der Waals surface area contributed by atoms with Crippen molar-refractivity contribution in [3.8, 4) is 17.3 Å². The number of nitrogens with one attached hydrogen (secondary N) is 1. The van der Waals surface area contributed by atoms with E-state index < -0.39 is 0 Å². The van der Waals surface area contributed by atoms with Crippen LogP contribution < -0.4 is 10.1 Å². The maximum Gasteiger partial charge on any atom is 0.243 e. The molecule has 0 atom stereocenters. The van der Waals surface area contributed by atoms with Crippen LogP contribution in [0.4, 0.5) is 0 Å². The number of aromatic nitrogens is 5. The van der Waals surface area contributed by atoms with E-state index in [9.17, 15) is 4.79 Å². The molecule has 2 aromatic heterocycles. The van der Waals surface area contributed by atoms with Gasteiger partial charge in [0.05, 0.1) is 32.6 Å². The molecule has 26 heavy (non-hydrogen) atoms. The Hall–Kier alpha value is -2.11. The second-order valence-electron chi connectivity index (χ2n) is 5.31. The number of carbonyl (C=O) groups is 1. The summed E-state index contributed by atoms with van der Waals surface area (Å²) in [6.07, 6.45) is 1.82. The van der Waals surface area contributed by atoms with Gasteiger partial charge in [-0.2, -0.15) is 0 Å². The zero-order chi connectivity index (χ0) is 18.9. The summed E-state index contributed by atoms with van der Waals surface area (Å²) >= 11 is 1.31. The molecule has 10 nitrogen and oxygen atoms in total. The van der Waals surface area contributed by atoms with Crippen molar-refractivity contribution in [2.75, 3.05) is 46.8 Å². The van der Waals surface area contributed by atoms with Crippen LogP contribution in [0.15, 0.2) is 11.4 Å². The normalized spacial score (nSPS) is 10.9. The number of methoxy groups -OCH3 is 3. The lowest BCUT2D eigenvalue weighted by Gasteiger charge is -2.09. The molecular weight excluding hydrogens is 360 g/mol. The highest BCUT2D eigenvalue weighted by molar-refractivity contribution is 7.99. The summed E-state index contributed by atoms with van der Waals surface area (Å²) in [4.78, 5) is 11.9. The maximum atomic E-state index is 11.9. The van der Waals surface area contributed by atoms with E-state index in [1.807, 2.05) is 17.8 Å². The summed E-state index contributed by atoms with van der Waals surface area (Å²) in [5, 5.41) is 16.1. The predicted molar refractivity (Wildman–Crippen MR) is 96.3 cm³/mol. The van der Waals surface area contributed by atoms with Crippen LogP contribution in [0, 0.1) is 0 Å². The third kappa shape index (κ3) is 5.19. The van der Waals surface area contributed by atoms with Crippen molar-refractivity contribution in [1.82, 2.24) is 29.9 Å². The van der Waals surface area contributed by atoms with Crippen molar-refractivity contribution in [2.24, 2.45) is 7.05 Å². The van der Waals surface area contributed by atoms with E-state index in [1.54, 1.807) is 26.0 Å². The van der Waals surface area contributed by atoms with Gasteiger partial charge in [0.2, 0.25) is 11.8 Å². The first kappa shape index (κ1) is 20.2. The zero-order valence-corrected chi connectivity index (χ0v) is 16.2. The molecule has 1 N–H and O–H groups in total. The van der Waals surface area contributed by atoms with Crippen molar-refractivity contribution in [2.45, 2.75) is 11.7 Å². The lowest BCUT2D eigenvalue weighted by molar-refractivity contribution is -0.118. The van der Waals surface area contributed by atoms with Gasteiger partial charge in [-0.25, -0.2) is 0 Å². The molecule has 0 spiro atoms. The minimum Gasteiger partial charge on any atom is -0.479 e. The van der Waals surface area contributed by atoms with E-state index in [2.05, 4.69) is 20.6 Å². The molecule has 0 bridgehead atoms. The fourth-order valence-electron chi connectivity index (χ4n) is 2.22. The number of carbonyl (C=O) groups excluding carboxylic acids is 1. The molecule has 0 aliphatic heterocycles. The Morgan fingerprint density at radius 1 is 1.23 bits per heavy atom. The van der Waals surface area contributed by atoms with Crippen LogP contribution >= 0.6 is 11.8 Å². The molecule has 0 unspecified atom stereocenters. The minimum atomic E-state index is -0.0890. The van der Waals surface area contributed by atoms with Gasteiger partial charge >= 0.3 is 0 Å². The minimum absolute atomic E-state index is 0.0890. The molecule has 0 radical (unpaired) electrons. The van der Waals surface area contributed by atoms with Crippen LogP contribution in [-0.2, 0) is 27.9 Å². The van der Waals surface area contributed by atoms with Gasteiger partial charge in [-0.15, -0.1) is 15.3 Å². The highest BCUT2D eigenvalue weighted by atomic mass is 32.2. The Bertz CT molecular complexity index is 717. The van der Waals surface area contributed by atoms with E-state index in [4.69, 9.17) is 14.2 Å². The Morgan fingerprint density at radius 2 is 2.00 bits per heavy atom. The first-order valence-corrected chi connectivity index (χ1v) is 8.97. The molecule has 2 rings (SSSR count). The largest absolute Gasteiger partial charge is 0.479 e. The van der Waals surface area contributed by atoms with Crippen molar-refractivity contribution in [3.63, 3.8) is 0 Å². The zero-order valence-electron chi connectivity index (χ0n) is 15.4. The number of thioether (sulfide) groups is 1. The molecule has 0 fully saturated rings. The SMILES string of the molecule is COCCNC(=O)CSc1nnc(-c2cn(C)nc2OC)n1CCOC. The molecule has 2 heterocycles. The first-order chi connectivity index (χ1) is 12.6. The van der Waals surface area contributed by atoms with Gasteiger partial charge in [-0.3, -0.25) is 14.0 Å². The van der Waals surface area contributed by atoms with Crippen molar-refractivity contribution in [3.05, 3.63) is 6.20 Å². The second kappa shape index (κ2) is 10.1. The number of hydrogen-bond donors (Lipinski definition) is 1. The van der Waals surface area contributed by atoms with Crippen LogP contribution in [-0.4, -0.2) is 77.3 Å². The van der Waals surface area contributed by atoms with Gasteiger partial charge < -0.3 is 19.5 Å². The van der Waals surface area contributed by atoms with Gasteiger partial charge in [-0.1, -0.05) is 11.8 Å². The monoisotopic (exact) mass is 384 g/mol. The van der Waals surface area contributed by atoms with Gasteiger partial charge in [0.1, 0.15) is 5.56 Å². The van der Waals surface area contributed by atoms with Gasteiger partial charge in [-0.05, 0) is 0 Å². The number of hydrogen-bond acceptors (Lipinski definition) is 8. The molecule has 0 aliphatic carbocycles. The fourth-order valence-corrected chi connectivity index (χ4v) is 3.02. The predicted octanol–water partition coefficient (Wildman–Crippen LogP) is 0.188. The van der Waals surface area contributed by atoms with E-state index in [1.165, 1.54) is 11.8 Å². The van der Waals surface area contributed by atoms with E-state index in [0.29, 0.717) is 43.2 Å². The van der Waals surface area contributed by atoms with Gasteiger partial charge in [0.15, 0.2) is 11.0 Å². The van der Waals surface area contributed by atoms with Crippen LogP contribution in [0.2, 0.25) is 0 Å². The van der Waals surface area contributed by atoms with E-state index >= 15 is 0 Å². The molecule has 144 valence electrons. The Labute approximate surface area is 156 Å². The second-order valence-corrected chi connectivity index (χ2v) is 6.25. The summed E-state index contributed by atoms with van der Waals surface area (Å²) in [6, 6.07) is 0. The Morgan fingerprint density at radius 3 is 2.69 bits per heavy atom. The third-order valence-electron chi connectivity index (χ3n) is 3.43. The quantitative estimate of drug-likeness (QED) is 0.432. The van der Waals surface area contributed by atoms with Crippen LogP contribution in [0.5, 0.6) is 5.88 Å². The van der Waals surface area contributed by atoms with Crippen molar-refractivity contribution in [1.29, 1.82) is 0 Å². The van der Waals surface area contributed by atoms with E-state index in [-0.39, 0.29) is 11.7 Å². The smallest absolute Gasteiger partial charge is 0.243 e. The highest BCUT2D eigenvalue weighted by Crippen LogP contribution is 2.29. The standard InChI is InChI=1S/C15H24N6O4S/c1-20-9-11(14(19-20)25-4)13-17-18-15(21(13)6-8-24-3)26-10-12(22)16-5-7-23-2/h9H,5-8,10H2,1-4H3,(H,16,22). The van der Waals surface area contributed by atoms with Gasteiger partial charge in [0.25, 0.3) is 0 Å². The number of rotatable bonds is 11. The highest BCUT2D eigenvalue weighted by Gasteiger charge is 2.20. The molecule has 1 amide bonds. The summed E-state index contributed by atoms with van der Waals surface area (Å²) in [5.41, 5.74) is 0.731. The maximum absolute atomic E-state index is 11.9. The van der Waals surface area contributed by atoms with Crippen LogP contribution in [0.25, 0.3) is 11.4 Å². The van der Waals surface area contributed by atoms with Crippen molar-refractivity contribution >= 4 is 17.7 Å². The molecule has 0 saturated heterocycles. The fraction of sp³-hybridized carbons (Fsp3) is 0.600. The van der Waals surface area contributed by atoms with Crippen LogP contribution in [0.1, 0.15) is 0 Å². The van der Waals surface area contributed by atoms with E-state index in [0.717, 1.165) is 5.56 Å². The number of ether oxygens (including phenoxy) is 3. The average Bonchev–Trinajstić information content (AvgIpc) is 3.20. The Kier molecular flexibility index (Phi) is 7.88. The lowest BCUT2D eigenvalue weighted by Crippen LogP contribution is -2.28. The number of amides is 1. The molecule has 0 aromatic carbocycles. The molecule has 11 heteroatoms. The molecule has 2 aromatic rings. The third-order valence-corrected chi connectivity index (χ3v) is 4.39. The first-order valence-electron chi connectivity index (χ1n) is 7.99. The lowest BCUT2D eigenvalue weighted by atomic mass is 10.3.